The number of nitrogens with two attached hydrogens (primary N) is 1. The molecule has 0 radical (unpaired) electrons. The highest BCUT2D eigenvalue weighted by Crippen LogP contribution is 2.20. The minimum Gasteiger partial charge on any atom is -0.397 e. The summed E-state index contributed by atoms with van der Waals surface area (Å²) in [6.45, 7) is 3.93. The Balaban J connectivity index is 2.13. The van der Waals surface area contributed by atoms with E-state index in [2.05, 4.69) is 23.3 Å². The zero-order chi connectivity index (χ0) is 13.8. The van der Waals surface area contributed by atoms with E-state index in [9.17, 15) is 0 Å². The number of pyridine rings is 1. The van der Waals surface area contributed by atoms with Crippen molar-refractivity contribution in [3.8, 4) is 6.07 Å². The molecule has 0 amide bonds. The van der Waals surface area contributed by atoms with E-state index in [1.807, 2.05) is 43.3 Å². The molecule has 0 spiro atoms. The molecule has 0 aliphatic rings. The normalized spacial score (nSPS) is 11.6. The van der Waals surface area contributed by atoms with Gasteiger partial charge in [0.1, 0.15) is 5.82 Å². The van der Waals surface area contributed by atoms with Crippen molar-refractivity contribution in [3.05, 3.63) is 53.2 Å². The molecule has 1 atom stereocenters. The maximum Gasteiger partial charge on any atom is 0.126 e. The lowest BCUT2D eigenvalue weighted by Crippen LogP contribution is -2.08. The number of benzene rings is 1. The van der Waals surface area contributed by atoms with E-state index in [4.69, 9.17) is 11.0 Å². The van der Waals surface area contributed by atoms with Crippen molar-refractivity contribution in [1.29, 1.82) is 5.26 Å². The molecule has 1 unspecified atom stereocenters. The van der Waals surface area contributed by atoms with E-state index < -0.39 is 0 Å². The fourth-order valence-electron chi connectivity index (χ4n) is 1.80. The number of nitrogens with zero attached hydrogens (tertiary/aromatic N) is 2. The topological polar surface area (TPSA) is 74.7 Å². The maximum atomic E-state index is 8.77. The third kappa shape index (κ3) is 3.02. The van der Waals surface area contributed by atoms with Crippen molar-refractivity contribution in [2.24, 2.45) is 0 Å². The van der Waals surface area contributed by atoms with Gasteiger partial charge in [0.25, 0.3) is 0 Å². The number of hydrogen-bond donors (Lipinski definition) is 2. The molecule has 1 aromatic heterocycles. The van der Waals surface area contributed by atoms with Gasteiger partial charge in [-0.05, 0) is 43.7 Å². The van der Waals surface area contributed by atoms with Gasteiger partial charge in [0.2, 0.25) is 0 Å². The highest BCUT2D eigenvalue weighted by Gasteiger charge is 2.06. The van der Waals surface area contributed by atoms with Gasteiger partial charge in [0, 0.05) is 6.04 Å². The molecule has 4 heteroatoms. The van der Waals surface area contributed by atoms with Crippen LogP contribution in [0.4, 0.5) is 11.5 Å². The number of anilines is 2. The molecule has 2 rings (SSSR count). The average molecular weight is 252 g/mol. The summed E-state index contributed by atoms with van der Waals surface area (Å²) in [7, 11) is 0. The van der Waals surface area contributed by atoms with Crippen molar-refractivity contribution in [3.63, 3.8) is 0 Å². The summed E-state index contributed by atoms with van der Waals surface area (Å²) in [6.07, 6.45) is 0. The second-order valence-electron chi connectivity index (χ2n) is 4.47. The van der Waals surface area contributed by atoms with Crippen LogP contribution in [0.25, 0.3) is 0 Å². The van der Waals surface area contributed by atoms with Crippen LogP contribution >= 0.6 is 0 Å². The molecule has 0 aliphatic heterocycles. The summed E-state index contributed by atoms with van der Waals surface area (Å²) in [5.74, 6) is 0.795. The highest BCUT2D eigenvalue weighted by molar-refractivity contribution is 5.50. The molecule has 19 heavy (non-hydrogen) atoms. The van der Waals surface area contributed by atoms with Gasteiger partial charge in [-0.2, -0.15) is 5.26 Å². The van der Waals surface area contributed by atoms with E-state index >= 15 is 0 Å². The Morgan fingerprint density at radius 3 is 2.47 bits per heavy atom. The van der Waals surface area contributed by atoms with Crippen molar-refractivity contribution in [1.82, 2.24) is 4.98 Å². The average Bonchev–Trinajstić information content (AvgIpc) is 2.43. The largest absolute Gasteiger partial charge is 0.397 e. The van der Waals surface area contributed by atoms with Gasteiger partial charge in [-0.25, -0.2) is 4.98 Å². The first-order chi connectivity index (χ1) is 9.10. The van der Waals surface area contributed by atoms with Crippen LogP contribution in [0.5, 0.6) is 0 Å². The van der Waals surface area contributed by atoms with Gasteiger partial charge in [-0.3, -0.25) is 0 Å². The van der Waals surface area contributed by atoms with Gasteiger partial charge in [0.05, 0.1) is 23.0 Å². The van der Waals surface area contributed by atoms with E-state index in [1.165, 1.54) is 0 Å². The Hall–Kier alpha value is -2.54. The fraction of sp³-hybridized carbons (Fsp3) is 0.200. The van der Waals surface area contributed by atoms with Crippen LogP contribution in [0.2, 0.25) is 0 Å². The Morgan fingerprint density at radius 2 is 1.89 bits per heavy atom. The molecule has 0 fully saturated rings. The molecular weight excluding hydrogens is 236 g/mol. The number of nitriles is 1. The zero-order valence-corrected chi connectivity index (χ0v) is 11.0. The number of hydrogen-bond acceptors (Lipinski definition) is 4. The smallest absolute Gasteiger partial charge is 0.126 e. The second-order valence-corrected chi connectivity index (χ2v) is 4.47. The Morgan fingerprint density at radius 1 is 1.21 bits per heavy atom. The lowest BCUT2D eigenvalue weighted by atomic mass is 10.1. The molecule has 2 aromatic rings. The lowest BCUT2D eigenvalue weighted by molar-refractivity contribution is 0.872. The van der Waals surface area contributed by atoms with Crippen LogP contribution in [0.15, 0.2) is 36.4 Å². The Labute approximate surface area is 112 Å². The van der Waals surface area contributed by atoms with Crippen LogP contribution < -0.4 is 11.1 Å². The Kier molecular flexibility index (Phi) is 3.67. The predicted octanol–water partition coefficient (Wildman–Crippen LogP) is 3.02. The van der Waals surface area contributed by atoms with Crippen LogP contribution in [0, 0.1) is 18.3 Å². The van der Waals surface area contributed by atoms with Crippen LogP contribution in [-0.2, 0) is 0 Å². The summed E-state index contributed by atoms with van der Waals surface area (Å²) >= 11 is 0. The Bertz CT molecular complexity index is 611. The van der Waals surface area contributed by atoms with Gasteiger partial charge < -0.3 is 11.1 Å². The minimum atomic E-state index is 0.114. The minimum absolute atomic E-state index is 0.114. The van der Waals surface area contributed by atoms with Crippen LogP contribution in [-0.4, -0.2) is 4.98 Å². The molecule has 0 saturated heterocycles. The highest BCUT2D eigenvalue weighted by atomic mass is 15.0. The second kappa shape index (κ2) is 5.40. The molecule has 4 nitrogen and oxygen atoms in total. The summed E-state index contributed by atoms with van der Waals surface area (Å²) in [4.78, 5) is 4.38. The fourth-order valence-corrected chi connectivity index (χ4v) is 1.80. The number of nitrogen functional groups attached to an aromatic ring is 1. The number of rotatable bonds is 3. The summed E-state index contributed by atoms with van der Waals surface area (Å²) < 4.78 is 0. The molecular formula is C15H16N4. The standard InChI is InChI=1S/C15H16N4/c1-10(13-5-3-12(9-16)4-6-13)18-15-8-7-14(17)11(2)19-15/h3-8,10H,17H2,1-2H3,(H,18,19). The van der Waals surface area contributed by atoms with E-state index in [0.717, 1.165) is 17.1 Å². The van der Waals surface area contributed by atoms with Gasteiger partial charge in [-0.15, -0.1) is 0 Å². The van der Waals surface area contributed by atoms with Crippen molar-refractivity contribution in [2.75, 3.05) is 11.1 Å². The first-order valence-corrected chi connectivity index (χ1v) is 6.10. The molecule has 3 N–H and O–H groups in total. The number of nitrogens with one attached hydrogen (secondary N) is 1. The molecule has 96 valence electrons. The number of aromatic nitrogens is 1. The quantitative estimate of drug-likeness (QED) is 0.880. The van der Waals surface area contributed by atoms with Gasteiger partial charge in [0.15, 0.2) is 0 Å². The van der Waals surface area contributed by atoms with E-state index in [-0.39, 0.29) is 6.04 Å². The van der Waals surface area contributed by atoms with Gasteiger partial charge >= 0.3 is 0 Å². The monoisotopic (exact) mass is 252 g/mol. The number of aryl methyl sites for hydroxylation is 1. The first kappa shape index (κ1) is 12.9. The molecule has 1 aromatic carbocycles. The maximum absolute atomic E-state index is 8.77. The predicted molar refractivity (Wildman–Crippen MR) is 76.6 cm³/mol. The van der Waals surface area contributed by atoms with Gasteiger partial charge in [-0.1, -0.05) is 12.1 Å². The summed E-state index contributed by atoms with van der Waals surface area (Å²) in [5.41, 5.74) is 9.02. The first-order valence-electron chi connectivity index (χ1n) is 6.10. The molecule has 0 bridgehead atoms. The molecule has 0 saturated carbocycles. The van der Waals surface area contributed by atoms with Crippen LogP contribution in [0.3, 0.4) is 0 Å². The molecule has 1 heterocycles. The van der Waals surface area contributed by atoms with Crippen molar-refractivity contribution < 1.29 is 0 Å². The lowest BCUT2D eigenvalue weighted by Gasteiger charge is -2.15. The zero-order valence-electron chi connectivity index (χ0n) is 11.0. The third-order valence-corrected chi connectivity index (χ3v) is 3.03. The third-order valence-electron chi connectivity index (χ3n) is 3.03. The van der Waals surface area contributed by atoms with E-state index in [0.29, 0.717) is 11.3 Å². The summed E-state index contributed by atoms with van der Waals surface area (Å²) in [5, 5.41) is 12.1. The van der Waals surface area contributed by atoms with E-state index in [1.54, 1.807) is 0 Å². The molecule has 0 aliphatic carbocycles. The van der Waals surface area contributed by atoms with Crippen molar-refractivity contribution in [2.45, 2.75) is 19.9 Å². The SMILES string of the molecule is Cc1nc(NC(C)c2ccc(C#N)cc2)ccc1N. The summed E-state index contributed by atoms with van der Waals surface area (Å²) in [6, 6.07) is 13.4. The van der Waals surface area contributed by atoms with Crippen molar-refractivity contribution >= 4 is 11.5 Å². The van der Waals surface area contributed by atoms with Crippen LogP contribution in [0.1, 0.15) is 29.8 Å².